The Morgan fingerprint density at radius 1 is 1.30 bits per heavy atom. The second-order valence-electron chi connectivity index (χ2n) is 5.33. The topological polar surface area (TPSA) is 58.2 Å². The van der Waals surface area contributed by atoms with Crippen molar-refractivity contribution < 1.29 is 9.59 Å². The van der Waals surface area contributed by atoms with Crippen molar-refractivity contribution in [2.24, 2.45) is 0 Å². The van der Waals surface area contributed by atoms with Gasteiger partial charge in [0.15, 0.2) is 0 Å². The molecule has 6 heteroatoms. The Labute approximate surface area is 128 Å². The van der Waals surface area contributed by atoms with Crippen molar-refractivity contribution >= 4 is 35.2 Å². The summed E-state index contributed by atoms with van der Waals surface area (Å²) in [6, 6.07) is 5.23. The van der Waals surface area contributed by atoms with Crippen LogP contribution in [0, 0.1) is 0 Å². The number of carbonyl (C=O) groups excluding carboxylic acids is 2. The van der Waals surface area contributed by atoms with Gasteiger partial charge in [-0.25, -0.2) is 0 Å². The molecule has 0 radical (unpaired) electrons. The van der Waals surface area contributed by atoms with E-state index in [2.05, 4.69) is 10.6 Å². The predicted molar refractivity (Wildman–Crippen MR) is 83.5 cm³/mol. The van der Waals surface area contributed by atoms with Gasteiger partial charge in [0.2, 0.25) is 5.91 Å². The zero-order valence-corrected chi connectivity index (χ0v) is 13.6. The van der Waals surface area contributed by atoms with Gasteiger partial charge in [0, 0.05) is 10.4 Å². The molecule has 0 heterocycles. The van der Waals surface area contributed by atoms with Crippen molar-refractivity contribution in [3.05, 3.63) is 28.8 Å². The summed E-state index contributed by atoms with van der Waals surface area (Å²) < 4.78 is 0. The van der Waals surface area contributed by atoms with Crippen molar-refractivity contribution in [3.63, 3.8) is 0 Å². The van der Waals surface area contributed by atoms with Gasteiger partial charge in [0.25, 0.3) is 5.91 Å². The Morgan fingerprint density at radius 3 is 2.50 bits per heavy atom. The van der Waals surface area contributed by atoms with Gasteiger partial charge in [-0.3, -0.25) is 9.59 Å². The summed E-state index contributed by atoms with van der Waals surface area (Å²) in [5.41, 5.74) is 0.0557. The molecule has 1 rings (SSSR count). The van der Waals surface area contributed by atoms with E-state index >= 15 is 0 Å². The number of rotatable bonds is 4. The first kappa shape index (κ1) is 16.9. The molecule has 0 saturated heterocycles. The first-order valence-corrected chi connectivity index (χ1v) is 7.76. The van der Waals surface area contributed by atoms with E-state index in [1.807, 2.05) is 33.1 Å². The van der Waals surface area contributed by atoms with Gasteiger partial charge < -0.3 is 10.6 Å². The van der Waals surface area contributed by atoms with E-state index in [1.54, 1.807) is 12.1 Å². The van der Waals surface area contributed by atoms with Crippen LogP contribution in [0.4, 0.5) is 0 Å². The Hall–Kier alpha value is -1.20. The number of amides is 2. The Kier molecular flexibility index (Phi) is 5.89. The van der Waals surface area contributed by atoms with Crippen LogP contribution in [0.1, 0.15) is 31.1 Å². The number of halogens is 1. The van der Waals surface area contributed by atoms with Gasteiger partial charge in [-0.1, -0.05) is 11.6 Å². The highest BCUT2D eigenvalue weighted by Crippen LogP contribution is 2.22. The second-order valence-corrected chi connectivity index (χ2v) is 6.61. The third kappa shape index (κ3) is 5.43. The van der Waals surface area contributed by atoms with Crippen LogP contribution in [0.5, 0.6) is 0 Å². The minimum atomic E-state index is -0.352. The van der Waals surface area contributed by atoms with Crippen molar-refractivity contribution in [1.29, 1.82) is 0 Å². The molecule has 2 amide bonds. The summed E-state index contributed by atoms with van der Waals surface area (Å²) in [4.78, 5) is 24.6. The van der Waals surface area contributed by atoms with Gasteiger partial charge in [-0.05, 0) is 45.2 Å². The highest BCUT2D eigenvalue weighted by atomic mass is 35.5. The molecular formula is C14H19ClN2O2S. The molecule has 2 N–H and O–H groups in total. The van der Waals surface area contributed by atoms with E-state index < -0.39 is 0 Å². The molecule has 0 unspecified atom stereocenters. The predicted octanol–water partition coefficient (Wildman–Crippen LogP) is 2.71. The lowest BCUT2D eigenvalue weighted by atomic mass is 10.1. The van der Waals surface area contributed by atoms with Gasteiger partial charge in [-0.15, -0.1) is 11.8 Å². The molecule has 0 atom stereocenters. The summed E-state index contributed by atoms with van der Waals surface area (Å²) in [5.74, 6) is -0.585. The van der Waals surface area contributed by atoms with Crippen LogP contribution in [0.2, 0.25) is 5.02 Å². The van der Waals surface area contributed by atoms with E-state index in [9.17, 15) is 9.59 Å². The SMILES string of the molecule is CSc1ccc(Cl)c(C(=O)NCC(=O)NC(C)(C)C)c1. The smallest absolute Gasteiger partial charge is 0.253 e. The average molecular weight is 315 g/mol. The lowest BCUT2D eigenvalue weighted by molar-refractivity contribution is -0.121. The summed E-state index contributed by atoms with van der Waals surface area (Å²) in [5, 5.41) is 5.71. The maximum atomic E-state index is 12.0. The van der Waals surface area contributed by atoms with Crippen LogP contribution in [0.15, 0.2) is 23.1 Å². The number of benzene rings is 1. The molecule has 0 aliphatic carbocycles. The monoisotopic (exact) mass is 314 g/mol. The summed E-state index contributed by atoms with van der Waals surface area (Å²) in [7, 11) is 0. The van der Waals surface area contributed by atoms with Crippen molar-refractivity contribution in [2.75, 3.05) is 12.8 Å². The number of carbonyl (C=O) groups is 2. The lowest BCUT2D eigenvalue weighted by Gasteiger charge is -2.20. The van der Waals surface area contributed by atoms with Crippen molar-refractivity contribution in [1.82, 2.24) is 10.6 Å². The van der Waals surface area contributed by atoms with Crippen LogP contribution >= 0.6 is 23.4 Å². The molecule has 4 nitrogen and oxygen atoms in total. The molecule has 110 valence electrons. The normalized spacial score (nSPS) is 11.1. The molecule has 20 heavy (non-hydrogen) atoms. The maximum absolute atomic E-state index is 12.0. The molecule has 0 aromatic heterocycles. The number of hydrogen-bond donors (Lipinski definition) is 2. The van der Waals surface area contributed by atoms with E-state index in [1.165, 1.54) is 11.8 Å². The Morgan fingerprint density at radius 2 is 1.95 bits per heavy atom. The first-order chi connectivity index (χ1) is 9.23. The van der Waals surface area contributed by atoms with E-state index in [4.69, 9.17) is 11.6 Å². The third-order valence-corrected chi connectivity index (χ3v) is 3.40. The van der Waals surface area contributed by atoms with Crippen molar-refractivity contribution in [2.45, 2.75) is 31.2 Å². The molecule has 0 saturated carbocycles. The zero-order valence-electron chi connectivity index (χ0n) is 12.0. The largest absolute Gasteiger partial charge is 0.350 e. The van der Waals surface area contributed by atoms with Crippen LogP contribution in [0.3, 0.4) is 0 Å². The standard InChI is InChI=1S/C14H19ClN2O2S/c1-14(2,3)17-12(18)8-16-13(19)10-7-9(20-4)5-6-11(10)15/h5-7H,8H2,1-4H3,(H,16,19)(H,17,18). The molecular weight excluding hydrogens is 296 g/mol. The average Bonchev–Trinajstić information content (AvgIpc) is 2.34. The van der Waals surface area contributed by atoms with Gasteiger partial charge in [0.05, 0.1) is 17.1 Å². The van der Waals surface area contributed by atoms with Crippen molar-refractivity contribution in [3.8, 4) is 0 Å². The highest BCUT2D eigenvalue weighted by Gasteiger charge is 2.16. The first-order valence-electron chi connectivity index (χ1n) is 6.15. The molecule has 1 aromatic rings. The fraction of sp³-hybridized carbons (Fsp3) is 0.429. The van der Waals surface area contributed by atoms with Gasteiger partial charge in [0.1, 0.15) is 0 Å². The summed E-state index contributed by atoms with van der Waals surface area (Å²) in [6.45, 7) is 5.57. The highest BCUT2D eigenvalue weighted by molar-refractivity contribution is 7.98. The minimum absolute atomic E-state index is 0.0735. The Bertz CT molecular complexity index is 512. The van der Waals surface area contributed by atoms with Crippen LogP contribution in [-0.2, 0) is 4.79 Å². The summed E-state index contributed by atoms with van der Waals surface area (Å²) in [6.07, 6.45) is 1.92. The van der Waals surface area contributed by atoms with Gasteiger partial charge in [-0.2, -0.15) is 0 Å². The van der Waals surface area contributed by atoms with Gasteiger partial charge >= 0.3 is 0 Å². The fourth-order valence-electron chi connectivity index (χ4n) is 1.52. The van der Waals surface area contributed by atoms with E-state index in [0.29, 0.717) is 10.6 Å². The van der Waals surface area contributed by atoms with E-state index in [0.717, 1.165) is 4.90 Å². The maximum Gasteiger partial charge on any atom is 0.253 e. The molecule has 0 fully saturated rings. The number of thioether (sulfide) groups is 1. The second kappa shape index (κ2) is 6.99. The minimum Gasteiger partial charge on any atom is -0.350 e. The number of nitrogens with one attached hydrogen (secondary N) is 2. The quantitative estimate of drug-likeness (QED) is 0.840. The number of hydrogen-bond acceptors (Lipinski definition) is 3. The lowest BCUT2D eigenvalue weighted by Crippen LogP contribution is -2.45. The Balaban J connectivity index is 2.66. The molecule has 1 aromatic carbocycles. The molecule has 0 aliphatic heterocycles. The van der Waals surface area contributed by atoms with Crippen LogP contribution < -0.4 is 10.6 Å². The third-order valence-electron chi connectivity index (χ3n) is 2.34. The summed E-state index contributed by atoms with van der Waals surface area (Å²) >= 11 is 7.52. The van der Waals surface area contributed by atoms with Crippen LogP contribution in [0.25, 0.3) is 0 Å². The zero-order chi connectivity index (χ0) is 15.3. The molecule has 0 bridgehead atoms. The van der Waals surface area contributed by atoms with Crippen LogP contribution in [-0.4, -0.2) is 30.2 Å². The molecule has 0 spiro atoms. The fourth-order valence-corrected chi connectivity index (χ4v) is 2.17. The van der Waals surface area contributed by atoms with E-state index in [-0.39, 0.29) is 23.9 Å². The molecule has 0 aliphatic rings.